The van der Waals surface area contributed by atoms with E-state index in [1.165, 1.54) is 0 Å². The van der Waals surface area contributed by atoms with E-state index < -0.39 is 0 Å². The van der Waals surface area contributed by atoms with Gasteiger partial charge >= 0.3 is 0 Å². The van der Waals surface area contributed by atoms with E-state index in [2.05, 4.69) is 0 Å². The van der Waals surface area contributed by atoms with Crippen LogP contribution in [-0.4, -0.2) is 30.5 Å². The molecule has 0 unspecified atom stereocenters. The minimum atomic E-state index is -0.328. The zero-order valence-corrected chi connectivity index (χ0v) is 10.8. The summed E-state index contributed by atoms with van der Waals surface area (Å²) < 4.78 is 5.12. The number of likely N-dealkylation sites (tertiary alicyclic amines) is 1. The number of carbonyl (C=O) groups excluding carboxylic acids is 1. The van der Waals surface area contributed by atoms with Crippen LogP contribution in [0.4, 0.5) is 0 Å². The van der Waals surface area contributed by atoms with Crippen LogP contribution in [0.25, 0.3) is 0 Å². The van der Waals surface area contributed by atoms with Crippen LogP contribution >= 0.6 is 0 Å². The third-order valence-electron chi connectivity index (χ3n) is 3.35. The molecule has 1 amide bonds. The topological polar surface area (TPSA) is 55.6 Å². The van der Waals surface area contributed by atoms with E-state index >= 15 is 0 Å². The van der Waals surface area contributed by atoms with Crippen LogP contribution in [0.5, 0.6) is 5.75 Å². The smallest absolute Gasteiger partial charge is 0.239 e. The summed E-state index contributed by atoms with van der Waals surface area (Å²) in [6.45, 7) is 1.44. The third-order valence-corrected chi connectivity index (χ3v) is 3.35. The van der Waals surface area contributed by atoms with Crippen molar-refractivity contribution in [3.8, 4) is 5.75 Å². The van der Waals surface area contributed by atoms with Crippen molar-refractivity contribution in [3.63, 3.8) is 0 Å². The minimum absolute atomic E-state index is 0.0725. The van der Waals surface area contributed by atoms with Gasteiger partial charge in [0.1, 0.15) is 5.75 Å². The Balaban J connectivity index is 2.04. The van der Waals surface area contributed by atoms with Crippen molar-refractivity contribution in [1.29, 1.82) is 0 Å². The summed E-state index contributed by atoms with van der Waals surface area (Å²) in [5.41, 5.74) is 6.97. The Morgan fingerprint density at radius 1 is 1.33 bits per heavy atom. The second-order valence-electron chi connectivity index (χ2n) is 4.71. The number of benzene rings is 1. The lowest BCUT2D eigenvalue weighted by atomic mass is 10.1. The standard InChI is InChI=1S/C14H20N2O2/c1-18-12-7-5-11(6-8-12)10-16-9-3-2-4-13(15)14(16)17/h5-8,13H,2-4,9-10,15H2,1H3/t13-/m1/s1. The lowest BCUT2D eigenvalue weighted by Crippen LogP contribution is -2.41. The number of hydrogen-bond donors (Lipinski definition) is 1. The van der Waals surface area contributed by atoms with Crippen molar-refractivity contribution in [1.82, 2.24) is 4.90 Å². The van der Waals surface area contributed by atoms with Crippen LogP contribution in [0.2, 0.25) is 0 Å². The first-order chi connectivity index (χ1) is 8.70. The highest BCUT2D eigenvalue weighted by atomic mass is 16.5. The molecule has 2 rings (SSSR count). The van der Waals surface area contributed by atoms with Crippen LogP contribution in [0.15, 0.2) is 24.3 Å². The predicted molar refractivity (Wildman–Crippen MR) is 70.2 cm³/mol. The van der Waals surface area contributed by atoms with Gasteiger partial charge in [0, 0.05) is 13.1 Å². The van der Waals surface area contributed by atoms with Crippen LogP contribution in [0.1, 0.15) is 24.8 Å². The Morgan fingerprint density at radius 3 is 2.72 bits per heavy atom. The molecular formula is C14H20N2O2. The molecule has 1 aliphatic rings. The molecule has 1 aliphatic heterocycles. The van der Waals surface area contributed by atoms with Gasteiger partial charge in [-0.2, -0.15) is 0 Å². The number of nitrogens with two attached hydrogens (primary N) is 1. The van der Waals surface area contributed by atoms with Crippen LogP contribution < -0.4 is 10.5 Å². The Labute approximate surface area is 108 Å². The van der Waals surface area contributed by atoms with E-state index in [0.717, 1.165) is 37.1 Å². The maximum absolute atomic E-state index is 12.0. The summed E-state index contributed by atoms with van der Waals surface area (Å²) in [5, 5.41) is 0. The average Bonchev–Trinajstić information content (AvgIpc) is 2.55. The zero-order valence-electron chi connectivity index (χ0n) is 10.8. The van der Waals surface area contributed by atoms with Gasteiger partial charge in [-0.25, -0.2) is 0 Å². The minimum Gasteiger partial charge on any atom is -0.497 e. The maximum Gasteiger partial charge on any atom is 0.239 e. The van der Waals surface area contributed by atoms with Gasteiger partial charge in [-0.05, 0) is 37.0 Å². The Morgan fingerprint density at radius 2 is 2.06 bits per heavy atom. The van der Waals surface area contributed by atoms with Crippen molar-refractivity contribution in [2.24, 2.45) is 5.73 Å². The van der Waals surface area contributed by atoms with Crippen molar-refractivity contribution in [2.75, 3.05) is 13.7 Å². The fourth-order valence-corrected chi connectivity index (χ4v) is 2.24. The van der Waals surface area contributed by atoms with Crippen molar-refractivity contribution >= 4 is 5.91 Å². The number of ether oxygens (including phenoxy) is 1. The first kappa shape index (κ1) is 12.9. The lowest BCUT2D eigenvalue weighted by molar-refractivity contribution is -0.132. The van der Waals surface area contributed by atoms with Gasteiger partial charge in [0.15, 0.2) is 0 Å². The Kier molecular flexibility index (Phi) is 4.20. The third kappa shape index (κ3) is 3.01. The molecule has 98 valence electrons. The van der Waals surface area contributed by atoms with Crippen LogP contribution in [0.3, 0.4) is 0 Å². The summed E-state index contributed by atoms with van der Waals surface area (Å²) in [6.07, 6.45) is 2.87. The fraction of sp³-hybridized carbons (Fsp3) is 0.500. The maximum atomic E-state index is 12.0. The van der Waals surface area contributed by atoms with Gasteiger partial charge in [-0.3, -0.25) is 4.79 Å². The lowest BCUT2D eigenvalue weighted by Gasteiger charge is -2.22. The Hall–Kier alpha value is -1.55. The van der Waals surface area contributed by atoms with Gasteiger partial charge in [-0.15, -0.1) is 0 Å². The first-order valence-electron chi connectivity index (χ1n) is 6.38. The summed E-state index contributed by atoms with van der Waals surface area (Å²) in [4.78, 5) is 13.9. The van der Waals surface area contributed by atoms with E-state index in [0.29, 0.717) is 6.54 Å². The van der Waals surface area contributed by atoms with Crippen molar-refractivity contribution in [3.05, 3.63) is 29.8 Å². The molecule has 1 fully saturated rings. The van der Waals surface area contributed by atoms with Crippen LogP contribution in [0, 0.1) is 0 Å². The number of carbonyl (C=O) groups is 1. The summed E-state index contributed by atoms with van der Waals surface area (Å²) >= 11 is 0. The molecule has 4 nitrogen and oxygen atoms in total. The van der Waals surface area contributed by atoms with Crippen molar-refractivity contribution < 1.29 is 9.53 Å². The highest BCUT2D eigenvalue weighted by Crippen LogP contribution is 2.16. The van der Waals surface area contributed by atoms with Crippen molar-refractivity contribution in [2.45, 2.75) is 31.8 Å². The van der Waals surface area contributed by atoms with E-state index in [4.69, 9.17) is 10.5 Å². The second-order valence-corrected chi connectivity index (χ2v) is 4.71. The van der Waals surface area contributed by atoms with Gasteiger partial charge in [0.25, 0.3) is 0 Å². The number of methoxy groups -OCH3 is 1. The highest BCUT2D eigenvalue weighted by Gasteiger charge is 2.23. The summed E-state index contributed by atoms with van der Waals surface area (Å²) in [7, 11) is 1.65. The second kappa shape index (κ2) is 5.87. The number of amides is 1. The molecular weight excluding hydrogens is 228 g/mol. The normalized spacial score (nSPS) is 20.7. The number of hydrogen-bond acceptors (Lipinski definition) is 3. The molecule has 0 aromatic heterocycles. The molecule has 0 saturated carbocycles. The molecule has 0 aliphatic carbocycles. The first-order valence-corrected chi connectivity index (χ1v) is 6.38. The molecule has 1 atom stereocenters. The van der Waals surface area contributed by atoms with Gasteiger partial charge in [-0.1, -0.05) is 12.1 Å². The molecule has 4 heteroatoms. The molecule has 2 N–H and O–H groups in total. The average molecular weight is 248 g/mol. The number of nitrogens with zero attached hydrogens (tertiary/aromatic N) is 1. The highest BCUT2D eigenvalue weighted by molar-refractivity contribution is 5.81. The summed E-state index contributed by atoms with van der Waals surface area (Å²) in [6, 6.07) is 7.48. The molecule has 1 aromatic rings. The van der Waals surface area contributed by atoms with E-state index in [1.54, 1.807) is 7.11 Å². The van der Waals surface area contributed by atoms with E-state index in [-0.39, 0.29) is 11.9 Å². The largest absolute Gasteiger partial charge is 0.497 e. The predicted octanol–water partition coefficient (Wildman–Crippen LogP) is 1.53. The SMILES string of the molecule is COc1ccc(CN2CCCC[C@@H](N)C2=O)cc1. The number of rotatable bonds is 3. The fourth-order valence-electron chi connectivity index (χ4n) is 2.24. The van der Waals surface area contributed by atoms with Crippen LogP contribution in [-0.2, 0) is 11.3 Å². The Bertz CT molecular complexity index is 403. The van der Waals surface area contributed by atoms with Gasteiger partial charge < -0.3 is 15.4 Å². The van der Waals surface area contributed by atoms with E-state index in [9.17, 15) is 4.79 Å². The molecule has 0 radical (unpaired) electrons. The molecule has 0 bridgehead atoms. The zero-order chi connectivity index (χ0) is 13.0. The molecule has 1 aromatic carbocycles. The monoisotopic (exact) mass is 248 g/mol. The molecule has 1 heterocycles. The molecule has 18 heavy (non-hydrogen) atoms. The molecule has 1 saturated heterocycles. The molecule has 0 spiro atoms. The quantitative estimate of drug-likeness (QED) is 0.882. The van der Waals surface area contributed by atoms with Gasteiger partial charge in [0.2, 0.25) is 5.91 Å². The van der Waals surface area contributed by atoms with Gasteiger partial charge in [0.05, 0.1) is 13.2 Å². The summed E-state index contributed by atoms with van der Waals surface area (Å²) in [5.74, 6) is 0.904. The van der Waals surface area contributed by atoms with E-state index in [1.807, 2.05) is 29.2 Å².